The van der Waals surface area contributed by atoms with Crippen molar-refractivity contribution >= 4 is 57.2 Å². The first kappa shape index (κ1) is 21.3. The summed E-state index contributed by atoms with van der Waals surface area (Å²) in [6, 6.07) is 10.7. The molecule has 0 bridgehead atoms. The Morgan fingerprint density at radius 3 is 2.71 bits per heavy atom. The number of aromatic nitrogens is 4. The van der Waals surface area contributed by atoms with Crippen LogP contribution in [0.3, 0.4) is 0 Å². The molecule has 0 radical (unpaired) electrons. The summed E-state index contributed by atoms with van der Waals surface area (Å²) in [5, 5.41) is 17.3. The number of fused-ring (bicyclic) bond motifs is 1. The van der Waals surface area contributed by atoms with Crippen LogP contribution in [0.1, 0.15) is 18.3 Å². The van der Waals surface area contributed by atoms with Gasteiger partial charge in [0.2, 0.25) is 10.9 Å². The van der Waals surface area contributed by atoms with E-state index in [4.69, 9.17) is 27.9 Å². The Labute approximate surface area is 192 Å². The minimum absolute atomic E-state index is 0.294. The first-order valence-corrected chi connectivity index (χ1v) is 10.9. The van der Waals surface area contributed by atoms with Crippen molar-refractivity contribution in [1.82, 2.24) is 19.8 Å². The van der Waals surface area contributed by atoms with E-state index < -0.39 is 0 Å². The minimum atomic E-state index is -0.294. The van der Waals surface area contributed by atoms with Crippen molar-refractivity contribution in [3.8, 4) is 16.3 Å². The molecule has 2 aromatic heterocycles. The van der Waals surface area contributed by atoms with Crippen LogP contribution >= 0.6 is 34.5 Å². The minimum Gasteiger partial charge on any atom is -0.495 e. The highest BCUT2D eigenvalue weighted by Crippen LogP contribution is 2.33. The highest BCUT2D eigenvalue weighted by atomic mass is 35.5. The first-order valence-electron chi connectivity index (χ1n) is 9.32. The number of benzene rings is 2. The molecule has 0 spiro atoms. The average molecular weight is 474 g/mol. The summed E-state index contributed by atoms with van der Waals surface area (Å²) in [5.41, 5.74) is 2.20. The van der Waals surface area contributed by atoms with Gasteiger partial charge in [0.1, 0.15) is 10.8 Å². The smallest absolute Gasteiger partial charge is 0.248 e. The highest BCUT2D eigenvalue weighted by molar-refractivity contribution is 7.19. The topological polar surface area (TPSA) is 81.4 Å². The van der Waals surface area contributed by atoms with Crippen LogP contribution in [-0.4, -0.2) is 32.8 Å². The van der Waals surface area contributed by atoms with Gasteiger partial charge in [-0.2, -0.15) is 9.61 Å². The van der Waals surface area contributed by atoms with Crippen LogP contribution in [0.5, 0.6) is 5.75 Å². The number of halogens is 2. The second-order valence-electron chi connectivity index (χ2n) is 6.48. The van der Waals surface area contributed by atoms with Crippen LogP contribution in [-0.2, 0) is 11.2 Å². The molecule has 2 heterocycles. The Balaban J connectivity index is 1.47. The molecular weight excluding hydrogens is 457 g/mol. The van der Waals surface area contributed by atoms with Crippen LogP contribution in [0.25, 0.3) is 21.6 Å². The molecule has 4 rings (SSSR count). The molecule has 10 heteroatoms. The van der Waals surface area contributed by atoms with Gasteiger partial charge in [0.05, 0.1) is 12.1 Å². The maximum atomic E-state index is 12.3. The van der Waals surface area contributed by atoms with Crippen LogP contribution in [0.4, 0.5) is 5.69 Å². The number of carbonyl (C=O) groups is 1. The quantitative estimate of drug-likeness (QED) is 0.380. The molecule has 1 amide bonds. The normalized spacial score (nSPS) is 11.4. The SMILES string of the molecule is CCc1nnc2sc(-c3ccc(NC(=O)C=Cc4cc(Cl)cc(Cl)c4OC)cc3)nn12. The number of anilines is 1. The van der Waals surface area contributed by atoms with Crippen molar-refractivity contribution < 1.29 is 9.53 Å². The van der Waals surface area contributed by atoms with E-state index in [2.05, 4.69) is 20.6 Å². The summed E-state index contributed by atoms with van der Waals surface area (Å²) in [6.45, 7) is 2.01. The van der Waals surface area contributed by atoms with Crippen molar-refractivity contribution in [3.05, 3.63) is 63.9 Å². The van der Waals surface area contributed by atoms with E-state index in [-0.39, 0.29) is 5.91 Å². The summed E-state index contributed by atoms with van der Waals surface area (Å²) in [6.07, 6.45) is 3.76. The lowest BCUT2D eigenvalue weighted by molar-refractivity contribution is -0.111. The van der Waals surface area contributed by atoms with Gasteiger partial charge in [0.25, 0.3) is 0 Å². The van der Waals surface area contributed by atoms with Gasteiger partial charge in [-0.25, -0.2) is 0 Å². The molecule has 0 aliphatic heterocycles. The molecule has 0 aliphatic carbocycles. The van der Waals surface area contributed by atoms with Gasteiger partial charge in [-0.05, 0) is 42.5 Å². The van der Waals surface area contributed by atoms with Crippen LogP contribution in [0.2, 0.25) is 10.0 Å². The Morgan fingerprint density at radius 1 is 1.23 bits per heavy atom. The first-order chi connectivity index (χ1) is 15.0. The number of carbonyl (C=O) groups excluding carboxylic acids is 1. The van der Waals surface area contributed by atoms with Crippen molar-refractivity contribution in [2.45, 2.75) is 13.3 Å². The van der Waals surface area contributed by atoms with E-state index in [1.54, 1.807) is 22.7 Å². The monoisotopic (exact) mass is 473 g/mol. The molecule has 7 nitrogen and oxygen atoms in total. The predicted molar refractivity (Wildman–Crippen MR) is 124 cm³/mol. The van der Waals surface area contributed by atoms with Gasteiger partial charge >= 0.3 is 0 Å². The number of ether oxygens (including phenoxy) is 1. The molecule has 0 atom stereocenters. The van der Waals surface area contributed by atoms with Gasteiger partial charge in [-0.3, -0.25) is 4.79 Å². The summed E-state index contributed by atoms with van der Waals surface area (Å²) >= 11 is 13.6. The average Bonchev–Trinajstić information content (AvgIpc) is 3.33. The van der Waals surface area contributed by atoms with Gasteiger partial charge in [0, 0.05) is 34.3 Å². The van der Waals surface area contributed by atoms with E-state index in [1.165, 1.54) is 24.5 Å². The predicted octanol–water partition coefficient (Wildman–Crippen LogP) is 5.38. The number of amides is 1. The summed E-state index contributed by atoms with van der Waals surface area (Å²) in [4.78, 5) is 13.1. The van der Waals surface area contributed by atoms with E-state index in [1.807, 2.05) is 31.2 Å². The molecule has 2 aromatic carbocycles. The number of nitrogens with one attached hydrogen (secondary N) is 1. The third kappa shape index (κ3) is 4.56. The van der Waals surface area contributed by atoms with Crippen LogP contribution in [0, 0.1) is 0 Å². The Bertz CT molecular complexity index is 1280. The lowest BCUT2D eigenvalue weighted by Gasteiger charge is -2.08. The van der Waals surface area contributed by atoms with Crippen molar-refractivity contribution in [3.63, 3.8) is 0 Å². The number of aryl methyl sites for hydroxylation is 1. The second kappa shape index (κ2) is 9.05. The van der Waals surface area contributed by atoms with Crippen molar-refractivity contribution in [2.24, 2.45) is 0 Å². The number of nitrogens with zero attached hydrogens (tertiary/aromatic N) is 4. The fourth-order valence-electron chi connectivity index (χ4n) is 2.96. The molecule has 0 unspecified atom stereocenters. The van der Waals surface area contributed by atoms with Crippen LogP contribution in [0.15, 0.2) is 42.5 Å². The van der Waals surface area contributed by atoms with E-state index in [9.17, 15) is 4.79 Å². The third-order valence-electron chi connectivity index (χ3n) is 4.43. The molecule has 0 saturated carbocycles. The maximum Gasteiger partial charge on any atom is 0.248 e. The number of hydrogen-bond donors (Lipinski definition) is 1. The van der Waals surface area contributed by atoms with Crippen LogP contribution < -0.4 is 10.1 Å². The largest absolute Gasteiger partial charge is 0.495 e. The molecule has 0 fully saturated rings. The zero-order valence-electron chi connectivity index (χ0n) is 16.6. The van der Waals surface area contributed by atoms with Gasteiger partial charge in [-0.1, -0.05) is 41.5 Å². The fraction of sp³-hybridized carbons (Fsp3) is 0.143. The van der Waals surface area contributed by atoms with E-state index in [0.29, 0.717) is 27.0 Å². The molecule has 31 heavy (non-hydrogen) atoms. The number of hydrogen-bond acceptors (Lipinski definition) is 6. The summed E-state index contributed by atoms with van der Waals surface area (Å²) < 4.78 is 7.04. The Hall–Kier alpha value is -2.94. The Kier molecular flexibility index (Phi) is 6.22. The standard InChI is InChI=1S/C21H17Cl2N5O2S/c1-3-17-25-26-21-28(17)27-20(31-21)12-4-7-15(8-5-12)24-18(29)9-6-13-10-14(22)11-16(23)19(13)30-2/h4-11H,3H2,1-2H3,(H,24,29). The lowest BCUT2D eigenvalue weighted by atomic mass is 10.2. The molecule has 4 aromatic rings. The van der Waals surface area contributed by atoms with E-state index >= 15 is 0 Å². The van der Waals surface area contributed by atoms with Gasteiger partial charge in [-0.15, -0.1) is 10.2 Å². The molecule has 0 saturated heterocycles. The fourth-order valence-corrected chi connectivity index (χ4v) is 4.41. The molecule has 158 valence electrons. The molecule has 0 aliphatic rings. The Morgan fingerprint density at radius 2 is 2.00 bits per heavy atom. The maximum absolute atomic E-state index is 12.3. The number of rotatable bonds is 6. The zero-order valence-corrected chi connectivity index (χ0v) is 18.9. The zero-order chi connectivity index (χ0) is 22.0. The summed E-state index contributed by atoms with van der Waals surface area (Å²) in [5.74, 6) is 0.985. The van der Waals surface area contributed by atoms with Gasteiger partial charge in [0.15, 0.2) is 5.82 Å². The van der Waals surface area contributed by atoms with Crippen molar-refractivity contribution in [2.75, 3.05) is 12.4 Å². The third-order valence-corrected chi connectivity index (χ3v) is 5.87. The highest BCUT2D eigenvalue weighted by Gasteiger charge is 2.12. The molecule has 1 N–H and O–H groups in total. The summed E-state index contributed by atoms with van der Waals surface area (Å²) in [7, 11) is 1.51. The van der Waals surface area contributed by atoms with Gasteiger partial charge < -0.3 is 10.1 Å². The molecular formula is C21H17Cl2N5O2S. The van der Waals surface area contributed by atoms with Crippen molar-refractivity contribution in [1.29, 1.82) is 0 Å². The second-order valence-corrected chi connectivity index (χ2v) is 8.28. The lowest BCUT2D eigenvalue weighted by Crippen LogP contribution is -2.07. The number of methoxy groups -OCH3 is 1. The van der Waals surface area contributed by atoms with E-state index in [0.717, 1.165) is 27.8 Å².